The van der Waals surface area contributed by atoms with Crippen LogP contribution in [0.25, 0.3) is 0 Å². The van der Waals surface area contributed by atoms with Gasteiger partial charge < -0.3 is 4.57 Å². The molecule has 3 atom stereocenters. The number of imidazole rings is 1. The molecular weight excluding hydrogens is 255 g/mol. The van der Waals surface area contributed by atoms with Crippen LogP contribution < -0.4 is 0 Å². The third kappa shape index (κ3) is 2.26. The lowest BCUT2D eigenvalue weighted by Crippen LogP contribution is -2.30. The van der Waals surface area contributed by atoms with Gasteiger partial charge in [-0.3, -0.25) is 4.90 Å². The van der Waals surface area contributed by atoms with Gasteiger partial charge >= 0.3 is 0 Å². The lowest BCUT2D eigenvalue weighted by molar-refractivity contribution is -0.0215. The Kier molecular flexibility index (Phi) is 3.08. The molecule has 1 aromatic rings. The Morgan fingerprint density at radius 3 is 2.74 bits per heavy atom. The van der Waals surface area contributed by atoms with E-state index >= 15 is 0 Å². The first-order chi connectivity index (χ1) is 8.97. The number of rotatable bonds is 2. The molecule has 0 radical (unpaired) electrons. The molecule has 3 unspecified atom stereocenters. The summed E-state index contributed by atoms with van der Waals surface area (Å²) in [5.74, 6) is -2.15. The summed E-state index contributed by atoms with van der Waals surface area (Å²) in [4.78, 5) is 5.84. The van der Waals surface area contributed by atoms with Crippen molar-refractivity contribution < 1.29 is 13.2 Å². The fourth-order valence-electron chi connectivity index (χ4n) is 3.32. The van der Waals surface area contributed by atoms with Gasteiger partial charge in [-0.05, 0) is 26.3 Å². The van der Waals surface area contributed by atoms with Crippen molar-refractivity contribution in [2.24, 2.45) is 0 Å². The minimum atomic E-state index is -2.75. The molecule has 0 bridgehead atoms. The molecule has 0 N–H and O–H groups in total. The predicted octanol–water partition coefficient (Wildman–Crippen LogP) is 2.61. The second kappa shape index (κ2) is 4.51. The van der Waals surface area contributed by atoms with E-state index in [0.29, 0.717) is 31.6 Å². The molecule has 0 spiro atoms. The van der Waals surface area contributed by atoms with E-state index in [1.165, 1.54) is 0 Å². The Labute approximate surface area is 110 Å². The summed E-state index contributed by atoms with van der Waals surface area (Å²) < 4.78 is 42.9. The smallest absolute Gasteiger partial charge is 0.282 e. The van der Waals surface area contributed by atoms with Gasteiger partial charge in [0.05, 0.1) is 6.54 Å². The molecule has 6 heteroatoms. The second-order valence-corrected chi connectivity index (χ2v) is 5.77. The van der Waals surface area contributed by atoms with E-state index < -0.39 is 18.1 Å². The van der Waals surface area contributed by atoms with Crippen molar-refractivity contribution >= 4 is 0 Å². The maximum atomic E-state index is 14.0. The number of alkyl halides is 3. The average Bonchev–Trinajstić information content (AvgIpc) is 2.96. The van der Waals surface area contributed by atoms with Crippen LogP contribution >= 0.6 is 0 Å². The Bertz CT molecular complexity index is 460. The normalized spacial score (nSPS) is 35.1. The molecule has 2 aliphatic rings. The van der Waals surface area contributed by atoms with E-state index in [1.807, 2.05) is 0 Å². The molecule has 0 aromatic carbocycles. The molecule has 1 saturated heterocycles. The summed E-state index contributed by atoms with van der Waals surface area (Å²) in [6.07, 6.45) is 3.96. The van der Waals surface area contributed by atoms with E-state index in [2.05, 4.69) is 4.98 Å². The van der Waals surface area contributed by atoms with Crippen LogP contribution in [0.2, 0.25) is 0 Å². The second-order valence-electron chi connectivity index (χ2n) is 5.77. The summed E-state index contributed by atoms with van der Waals surface area (Å²) in [5.41, 5.74) is 0. The van der Waals surface area contributed by atoms with E-state index in [4.69, 9.17) is 0 Å². The topological polar surface area (TPSA) is 21.1 Å². The highest BCUT2D eigenvalue weighted by Gasteiger charge is 2.49. The fraction of sp³-hybridized carbons (Fsp3) is 0.769. The first-order valence-electron chi connectivity index (χ1n) is 6.70. The fourth-order valence-corrected chi connectivity index (χ4v) is 3.32. The van der Waals surface area contributed by atoms with E-state index in [0.717, 1.165) is 0 Å². The average molecular weight is 273 g/mol. The van der Waals surface area contributed by atoms with Crippen molar-refractivity contribution in [1.82, 2.24) is 14.5 Å². The molecule has 0 amide bonds. The van der Waals surface area contributed by atoms with Crippen molar-refractivity contribution in [3.05, 3.63) is 18.2 Å². The van der Waals surface area contributed by atoms with Crippen molar-refractivity contribution in [2.75, 3.05) is 20.1 Å². The molecule has 2 heterocycles. The van der Waals surface area contributed by atoms with E-state index in [-0.39, 0.29) is 12.5 Å². The summed E-state index contributed by atoms with van der Waals surface area (Å²) in [5, 5.41) is 0. The van der Waals surface area contributed by atoms with E-state index in [9.17, 15) is 13.2 Å². The predicted molar refractivity (Wildman–Crippen MR) is 65.2 cm³/mol. The molecule has 3 rings (SSSR count). The molecule has 1 aliphatic heterocycles. The van der Waals surface area contributed by atoms with Gasteiger partial charge in [-0.15, -0.1) is 0 Å². The number of hydrogen-bond acceptors (Lipinski definition) is 2. The van der Waals surface area contributed by atoms with Gasteiger partial charge in [0.15, 0.2) is 0 Å². The first kappa shape index (κ1) is 13.0. The summed E-state index contributed by atoms with van der Waals surface area (Å²) in [6.45, 7) is 0.0772. The molecule has 2 fully saturated rings. The van der Waals surface area contributed by atoms with Crippen molar-refractivity contribution in [1.29, 1.82) is 0 Å². The van der Waals surface area contributed by atoms with Crippen molar-refractivity contribution in [3.8, 4) is 0 Å². The lowest BCUT2D eigenvalue weighted by atomic mass is 10.1. The van der Waals surface area contributed by atoms with Gasteiger partial charge in [-0.2, -0.15) is 0 Å². The van der Waals surface area contributed by atoms with Crippen LogP contribution in [0.5, 0.6) is 0 Å². The summed E-state index contributed by atoms with van der Waals surface area (Å²) in [7, 11) is 1.69. The third-order valence-electron chi connectivity index (χ3n) is 4.22. The zero-order chi connectivity index (χ0) is 13.6. The van der Waals surface area contributed by atoms with Gasteiger partial charge in [0.25, 0.3) is 5.92 Å². The van der Waals surface area contributed by atoms with Gasteiger partial charge in [0.1, 0.15) is 18.0 Å². The minimum Gasteiger partial charge on any atom is -0.324 e. The van der Waals surface area contributed by atoms with Gasteiger partial charge in [0.2, 0.25) is 0 Å². The minimum absolute atomic E-state index is 0.0216. The molecular formula is C13H18F3N3. The lowest BCUT2D eigenvalue weighted by Gasteiger charge is -2.23. The molecule has 1 aliphatic carbocycles. The van der Waals surface area contributed by atoms with Crippen LogP contribution in [0.15, 0.2) is 12.4 Å². The Hall–Kier alpha value is -1.04. The van der Waals surface area contributed by atoms with Crippen LogP contribution in [0.1, 0.15) is 37.0 Å². The van der Waals surface area contributed by atoms with Crippen molar-refractivity contribution in [3.63, 3.8) is 0 Å². The first-order valence-corrected chi connectivity index (χ1v) is 6.70. The zero-order valence-corrected chi connectivity index (χ0v) is 10.9. The quantitative estimate of drug-likeness (QED) is 0.826. The van der Waals surface area contributed by atoms with Gasteiger partial charge in [-0.25, -0.2) is 18.2 Å². The number of hydrogen-bond donors (Lipinski definition) is 0. The standard InChI is InChI=1S/C13H18F3N3/c1-18-7-11(13(15,16)8-18)19-5-4-17-12(19)9-2-3-10(14)6-9/h4-5,9-11H,2-3,6-8H2,1H3. The molecule has 3 nitrogen and oxygen atoms in total. The van der Waals surface area contributed by atoms with E-state index in [1.54, 1.807) is 28.9 Å². The SMILES string of the molecule is CN1CC(n2ccnc2C2CCC(F)C2)C(F)(F)C1. The highest BCUT2D eigenvalue weighted by Crippen LogP contribution is 2.41. The highest BCUT2D eigenvalue weighted by molar-refractivity contribution is 5.09. The van der Waals surface area contributed by atoms with Crippen LogP contribution in [0.3, 0.4) is 0 Å². The number of halogens is 3. The maximum Gasteiger partial charge on any atom is 0.282 e. The number of likely N-dealkylation sites (N-methyl/N-ethyl adjacent to an activating group) is 1. The largest absolute Gasteiger partial charge is 0.324 e. The van der Waals surface area contributed by atoms with Crippen LogP contribution in [-0.4, -0.2) is 46.7 Å². The van der Waals surface area contributed by atoms with Crippen LogP contribution in [0.4, 0.5) is 13.2 Å². The zero-order valence-electron chi connectivity index (χ0n) is 10.9. The Morgan fingerprint density at radius 2 is 2.16 bits per heavy atom. The monoisotopic (exact) mass is 273 g/mol. The Balaban J connectivity index is 1.88. The summed E-state index contributed by atoms with van der Waals surface area (Å²) >= 11 is 0. The maximum absolute atomic E-state index is 14.0. The summed E-state index contributed by atoms with van der Waals surface area (Å²) in [6, 6.07) is -0.881. The van der Waals surface area contributed by atoms with Gasteiger partial charge in [-0.1, -0.05) is 0 Å². The molecule has 1 aromatic heterocycles. The number of nitrogens with zero attached hydrogens (tertiary/aromatic N) is 3. The highest BCUT2D eigenvalue weighted by atomic mass is 19.3. The van der Waals surface area contributed by atoms with Crippen LogP contribution in [0, 0.1) is 0 Å². The number of likely N-dealkylation sites (tertiary alicyclic amines) is 1. The molecule has 19 heavy (non-hydrogen) atoms. The molecule has 1 saturated carbocycles. The third-order valence-corrected chi connectivity index (χ3v) is 4.22. The number of aromatic nitrogens is 2. The van der Waals surface area contributed by atoms with Crippen LogP contribution in [-0.2, 0) is 0 Å². The molecule has 106 valence electrons. The Morgan fingerprint density at radius 1 is 1.37 bits per heavy atom. The van der Waals surface area contributed by atoms with Gasteiger partial charge in [0, 0.05) is 24.9 Å². The van der Waals surface area contributed by atoms with Crippen molar-refractivity contribution in [2.45, 2.75) is 43.3 Å².